The van der Waals surface area contributed by atoms with Crippen molar-refractivity contribution in [3.05, 3.63) is 241 Å². The van der Waals surface area contributed by atoms with E-state index in [-0.39, 0.29) is 0 Å². The maximum absolute atomic E-state index is 5.10. The van der Waals surface area contributed by atoms with Crippen molar-refractivity contribution in [2.75, 3.05) is 0 Å². The highest BCUT2D eigenvalue weighted by Crippen LogP contribution is 2.56. The molecule has 0 bridgehead atoms. The van der Waals surface area contributed by atoms with E-state index in [0.29, 0.717) is 17.5 Å². The van der Waals surface area contributed by atoms with E-state index in [9.17, 15) is 0 Å². The molecule has 0 amide bonds. The van der Waals surface area contributed by atoms with Gasteiger partial charge in [0.05, 0.1) is 5.41 Å². The van der Waals surface area contributed by atoms with E-state index < -0.39 is 5.41 Å². The predicted octanol–water partition coefficient (Wildman–Crippen LogP) is 13.1. The van der Waals surface area contributed by atoms with Crippen molar-refractivity contribution < 1.29 is 0 Å². The molecule has 1 aromatic heterocycles. The van der Waals surface area contributed by atoms with Crippen LogP contribution in [0.15, 0.2) is 218 Å². The summed E-state index contributed by atoms with van der Waals surface area (Å²) < 4.78 is 0. The summed E-state index contributed by atoms with van der Waals surface area (Å²) in [5.74, 6) is 1.89. The van der Waals surface area contributed by atoms with Crippen LogP contribution in [0.4, 0.5) is 0 Å². The molecule has 0 saturated heterocycles. The fraction of sp³-hybridized carbons (Fsp3) is 0.0377. The molecule has 0 unspecified atom stereocenters. The Morgan fingerprint density at radius 2 is 0.857 bits per heavy atom. The lowest BCUT2D eigenvalue weighted by molar-refractivity contribution is 0.761. The molecule has 9 rings (SSSR count). The fourth-order valence-electron chi connectivity index (χ4n) is 8.16. The van der Waals surface area contributed by atoms with Gasteiger partial charge in [-0.3, -0.25) is 0 Å². The van der Waals surface area contributed by atoms with Gasteiger partial charge in [0.2, 0.25) is 0 Å². The molecule has 3 nitrogen and oxygen atoms in total. The lowest BCUT2D eigenvalue weighted by Gasteiger charge is -2.35. The third-order valence-electron chi connectivity index (χ3n) is 10.7. The number of allylic oxidation sites excluding steroid dienone is 5. The average Bonchev–Trinajstić information content (AvgIpc) is 3.56. The summed E-state index contributed by atoms with van der Waals surface area (Å²) in [6, 6.07) is 66.1. The number of nitrogens with zero attached hydrogens (tertiary/aromatic N) is 3. The van der Waals surface area contributed by atoms with Crippen LogP contribution in [-0.2, 0) is 5.41 Å². The second-order valence-corrected chi connectivity index (χ2v) is 14.0. The number of hydrogen-bond donors (Lipinski definition) is 0. The quantitative estimate of drug-likeness (QED) is 0.149. The molecule has 56 heavy (non-hydrogen) atoms. The van der Waals surface area contributed by atoms with Gasteiger partial charge in [0.15, 0.2) is 17.5 Å². The Labute approximate surface area is 328 Å². The highest BCUT2D eigenvalue weighted by molar-refractivity contribution is 5.93. The van der Waals surface area contributed by atoms with Crippen molar-refractivity contribution in [3.63, 3.8) is 0 Å². The third kappa shape index (κ3) is 6.10. The first kappa shape index (κ1) is 34.5. The van der Waals surface area contributed by atoms with E-state index >= 15 is 0 Å². The molecule has 0 radical (unpaired) electrons. The third-order valence-corrected chi connectivity index (χ3v) is 10.7. The minimum Gasteiger partial charge on any atom is -0.208 e. The molecule has 1 heterocycles. The molecule has 0 spiro atoms. The summed E-state index contributed by atoms with van der Waals surface area (Å²) in [4.78, 5) is 15.2. The number of rotatable bonds is 9. The first-order valence-electron chi connectivity index (χ1n) is 19.0. The number of hydrogen-bond acceptors (Lipinski definition) is 3. The van der Waals surface area contributed by atoms with Gasteiger partial charge in [0, 0.05) is 16.7 Å². The van der Waals surface area contributed by atoms with Crippen molar-refractivity contribution >= 4 is 5.57 Å². The Morgan fingerprint density at radius 3 is 1.43 bits per heavy atom. The Morgan fingerprint density at radius 1 is 0.429 bits per heavy atom. The van der Waals surface area contributed by atoms with Crippen molar-refractivity contribution in [2.45, 2.75) is 12.3 Å². The summed E-state index contributed by atoms with van der Waals surface area (Å²) in [7, 11) is 0. The standard InChI is InChI=1S/C53H39N3/c1-3-18-48-46(4-2)47-34-33-42(36-49(47)53(48,44-25-13-7-14-26-44)45-27-15-8-16-28-45)41-23-17-24-43(35-41)52-55-50(39-21-11-6-12-22-39)54-51(56-52)40-31-29-38(30-32-40)37-19-9-5-10-20-37/h3-36H,2H2,1H3/b18-3-. The van der Waals surface area contributed by atoms with Crippen LogP contribution in [0.5, 0.6) is 0 Å². The molecule has 0 N–H and O–H groups in total. The molecule has 8 aromatic rings. The number of aromatic nitrogens is 3. The zero-order valence-corrected chi connectivity index (χ0v) is 31.2. The van der Waals surface area contributed by atoms with Gasteiger partial charge in [-0.05, 0) is 74.7 Å². The highest BCUT2D eigenvalue weighted by atomic mass is 15.0. The largest absolute Gasteiger partial charge is 0.208 e. The minimum atomic E-state index is -0.536. The van der Waals surface area contributed by atoms with E-state index in [1.807, 2.05) is 42.5 Å². The molecular formula is C53H39N3. The summed E-state index contributed by atoms with van der Waals surface area (Å²) in [5.41, 5.74) is 14.0. The van der Waals surface area contributed by atoms with E-state index in [1.54, 1.807) is 0 Å². The van der Waals surface area contributed by atoms with Gasteiger partial charge in [-0.15, -0.1) is 0 Å². The average molecular weight is 718 g/mol. The maximum atomic E-state index is 5.10. The summed E-state index contributed by atoms with van der Waals surface area (Å²) in [5, 5.41) is 0. The summed E-state index contributed by atoms with van der Waals surface area (Å²) in [6.07, 6.45) is 6.41. The van der Waals surface area contributed by atoms with Gasteiger partial charge in [-0.1, -0.05) is 201 Å². The molecule has 3 heteroatoms. The minimum absolute atomic E-state index is 0.536. The molecular weight excluding hydrogens is 679 g/mol. The van der Waals surface area contributed by atoms with E-state index in [0.717, 1.165) is 39.0 Å². The zero-order valence-electron chi connectivity index (χ0n) is 31.2. The molecule has 1 aliphatic carbocycles. The first-order valence-corrected chi connectivity index (χ1v) is 19.0. The number of benzene rings is 7. The Kier molecular flexibility index (Phi) is 9.18. The zero-order chi connectivity index (χ0) is 37.9. The lowest BCUT2D eigenvalue weighted by atomic mass is 9.66. The summed E-state index contributed by atoms with van der Waals surface area (Å²) in [6.45, 7) is 6.41. The van der Waals surface area contributed by atoms with Crippen LogP contribution in [0.3, 0.4) is 0 Å². The maximum Gasteiger partial charge on any atom is 0.164 e. The molecule has 0 fully saturated rings. The van der Waals surface area contributed by atoms with Gasteiger partial charge in [0.25, 0.3) is 0 Å². The molecule has 1 aliphatic rings. The fourth-order valence-corrected chi connectivity index (χ4v) is 8.16. The molecule has 0 aliphatic heterocycles. The van der Waals surface area contributed by atoms with Crippen LogP contribution in [0.1, 0.15) is 29.2 Å². The van der Waals surface area contributed by atoms with Crippen LogP contribution in [0.2, 0.25) is 0 Å². The smallest absolute Gasteiger partial charge is 0.164 e. The lowest BCUT2D eigenvalue weighted by Crippen LogP contribution is -2.29. The summed E-state index contributed by atoms with van der Waals surface area (Å²) >= 11 is 0. The van der Waals surface area contributed by atoms with Crippen LogP contribution >= 0.6 is 0 Å². The highest BCUT2D eigenvalue weighted by Gasteiger charge is 2.46. The van der Waals surface area contributed by atoms with Gasteiger partial charge >= 0.3 is 0 Å². The van der Waals surface area contributed by atoms with Gasteiger partial charge in [-0.2, -0.15) is 0 Å². The molecule has 266 valence electrons. The first-order chi connectivity index (χ1) is 27.7. The van der Waals surface area contributed by atoms with Crippen LogP contribution in [-0.4, -0.2) is 15.0 Å². The van der Waals surface area contributed by atoms with Crippen molar-refractivity contribution in [2.24, 2.45) is 0 Å². The number of fused-ring (bicyclic) bond motifs is 1. The van der Waals surface area contributed by atoms with Crippen LogP contribution in [0, 0.1) is 0 Å². The van der Waals surface area contributed by atoms with E-state index in [1.165, 1.54) is 33.4 Å². The van der Waals surface area contributed by atoms with Crippen molar-refractivity contribution in [3.8, 4) is 56.4 Å². The second-order valence-electron chi connectivity index (χ2n) is 14.0. The topological polar surface area (TPSA) is 38.7 Å². The second kappa shape index (κ2) is 14.9. The van der Waals surface area contributed by atoms with Gasteiger partial charge in [0.1, 0.15) is 0 Å². The van der Waals surface area contributed by atoms with Crippen molar-refractivity contribution in [1.29, 1.82) is 0 Å². The van der Waals surface area contributed by atoms with Crippen LogP contribution in [0.25, 0.3) is 62.0 Å². The molecule has 7 aromatic carbocycles. The SMILES string of the molecule is C=CC1=C(/C=C\C)C(c2ccccc2)(c2ccccc2)c2cc(-c3cccc(-c4nc(-c5ccccc5)nc(-c5ccc(-c6ccccc6)cc5)n4)c3)ccc21. The monoisotopic (exact) mass is 717 g/mol. The van der Waals surface area contributed by atoms with Gasteiger partial charge < -0.3 is 0 Å². The van der Waals surface area contributed by atoms with Gasteiger partial charge in [-0.25, -0.2) is 15.0 Å². The van der Waals surface area contributed by atoms with Crippen molar-refractivity contribution in [1.82, 2.24) is 15.0 Å². The van der Waals surface area contributed by atoms with E-state index in [4.69, 9.17) is 15.0 Å². The van der Waals surface area contributed by atoms with E-state index in [2.05, 4.69) is 177 Å². The Balaban J connectivity index is 1.18. The van der Waals surface area contributed by atoms with Crippen LogP contribution < -0.4 is 0 Å². The Hall–Kier alpha value is -7.23. The molecule has 0 atom stereocenters. The molecule has 0 saturated carbocycles. The normalized spacial score (nSPS) is 13.2. The Bertz CT molecular complexity index is 2690. The predicted molar refractivity (Wildman–Crippen MR) is 232 cm³/mol.